The minimum atomic E-state index is -0.217. The van der Waals surface area contributed by atoms with Gasteiger partial charge in [0.2, 0.25) is 0 Å². The van der Waals surface area contributed by atoms with Crippen molar-refractivity contribution in [1.82, 2.24) is 14.8 Å². The fourth-order valence-corrected chi connectivity index (χ4v) is 3.54. The molecule has 3 aromatic heterocycles. The summed E-state index contributed by atoms with van der Waals surface area (Å²) in [6, 6.07) is 11.7. The van der Waals surface area contributed by atoms with E-state index < -0.39 is 0 Å². The van der Waals surface area contributed by atoms with Crippen LogP contribution in [0.5, 0.6) is 0 Å². The molecule has 0 bridgehead atoms. The lowest BCUT2D eigenvalue weighted by Gasteiger charge is -2.08. The van der Waals surface area contributed by atoms with Gasteiger partial charge in [-0.1, -0.05) is 24.6 Å². The van der Waals surface area contributed by atoms with Gasteiger partial charge in [0.25, 0.3) is 5.91 Å². The van der Waals surface area contributed by atoms with Crippen molar-refractivity contribution in [2.75, 3.05) is 5.32 Å². The Morgan fingerprint density at radius 1 is 1.26 bits per heavy atom. The summed E-state index contributed by atoms with van der Waals surface area (Å²) in [4.78, 5) is 17.2. The van der Waals surface area contributed by atoms with Crippen LogP contribution in [0, 0.1) is 6.92 Å². The number of anilines is 1. The van der Waals surface area contributed by atoms with Crippen LogP contribution >= 0.6 is 11.3 Å². The summed E-state index contributed by atoms with van der Waals surface area (Å²) in [5.41, 5.74) is 4.22. The second-order valence-corrected chi connectivity index (χ2v) is 6.93. The number of nitrogens with zero attached hydrogens (tertiary/aromatic N) is 3. The molecule has 0 atom stereocenters. The fraction of sp³-hybridized carbons (Fsp3) is 0.150. The summed E-state index contributed by atoms with van der Waals surface area (Å²) in [7, 11) is 0. The molecule has 0 aliphatic carbocycles. The van der Waals surface area contributed by atoms with Gasteiger partial charge in [0, 0.05) is 5.38 Å². The highest BCUT2D eigenvalue weighted by molar-refractivity contribution is 7.14. The van der Waals surface area contributed by atoms with Gasteiger partial charge in [-0.05, 0) is 37.6 Å². The zero-order valence-electron chi connectivity index (χ0n) is 15.0. The predicted octanol–water partition coefficient (Wildman–Crippen LogP) is 4.71. The first-order valence-corrected chi connectivity index (χ1v) is 9.48. The van der Waals surface area contributed by atoms with Gasteiger partial charge in [-0.2, -0.15) is 5.10 Å². The Morgan fingerprint density at radius 2 is 2.07 bits per heavy atom. The van der Waals surface area contributed by atoms with Gasteiger partial charge in [-0.15, -0.1) is 11.3 Å². The van der Waals surface area contributed by atoms with Crippen molar-refractivity contribution in [3.8, 4) is 17.1 Å². The molecule has 1 aromatic carbocycles. The van der Waals surface area contributed by atoms with Gasteiger partial charge in [0.05, 0.1) is 29.4 Å². The van der Waals surface area contributed by atoms with Crippen molar-refractivity contribution in [2.45, 2.75) is 20.3 Å². The zero-order valence-corrected chi connectivity index (χ0v) is 15.8. The zero-order chi connectivity index (χ0) is 18.8. The first-order chi connectivity index (χ1) is 13.2. The van der Waals surface area contributed by atoms with Gasteiger partial charge in [-0.25, -0.2) is 9.67 Å². The number of aryl methyl sites for hydroxylation is 1. The molecule has 27 heavy (non-hydrogen) atoms. The van der Waals surface area contributed by atoms with Crippen molar-refractivity contribution < 1.29 is 9.21 Å². The maximum absolute atomic E-state index is 12.8. The molecule has 0 aliphatic heterocycles. The molecule has 0 aliphatic rings. The Labute approximate surface area is 160 Å². The number of carbonyl (C=O) groups is 1. The third kappa shape index (κ3) is 3.41. The Kier molecular flexibility index (Phi) is 4.60. The SMILES string of the molecule is CCc1c(C(=O)Nc2nc(-c3ccco3)cs2)cnn1-c1ccc(C)cc1. The van der Waals surface area contributed by atoms with Gasteiger partial charge in [-0.3, -0.25) is 10.1 Å². The maximum atomic E-state index is 12.8. The van der Waals surface area contributed by atoms with Crippen LogP contribution in [0.25, 0.3) is 17.1 Å². The van der Waals surface area contributed by atoms with Crippen molar-refractivity contribution in [1.29, 1.82) is 0 Å². The van der Waals surface area contributed by atoms with E-state index in [1.54, 1.807) is 18.5 Å². The number of carbonyl (C=O) groups excluding carboxylic acids is 1. The van der Waals surface area contributed by atoms with Crippen LogP contribution < -0.4 is 5.32 Å². The van der Waals surface area contributed by atoms with E-state index in [1.807, 2.05) is 54.2 Å². The monoisotopic (exact) mass is 378 g/mol. The molecule has 6 nitrogen and oxygen atoms in total. The summed E-state index contributed by atoms with van der Waals surface area (Å²) in [6.07, 6.45) is 3.89. The maximum Gasteiger partial charge on any atom is 0.260 e. The highest BCUT2D eigenvalue weighted by Gasteiger charge is 2.18. The molecule has 4 aromatic rings. The molecule has 3 heterocycles. The molecule has 136 valence electrons. The topological polar surface area (TPSA) is 73.0 Å². The van der Waals surface area contributed by atoms with Crippen LogP contribution in [0.15, 0.2) is 58.7 Å². The fourth-order valence-electron chi connectivity index (χ4n) is 2.85. The molecule has 0 fully saturated rings. The number of rotatable bonds is 5. The Bertz CT molecular complexity index is 1060. The van der Waals surface area contributed by atoms with E-state index in [-0.39, 0.29) is 5.91 Å². The van der Waals surface area contributed by atoms with Crippen LogP contribution in [0.4, 0.5) is 5.13 Å². The van der Waals surface area contributed by atoms with Crippen molar-refractivity contribution in [3.63, 3.8) is 0 Å². The molecule has 4 rings (SSSR count). The summed E-state index contributed by atoms with van der Waals surface area (Å²) in [5.74, 6) is 0.457. The smallest absolute Gasteiger partial charge is 0.260 e. The van der Waals surface area contributed by atoms with Crippen molar-refractivity contribution in [3.05, 3.63) is 71.1 Å². The van der Waals surface area contributed by atoms with Gasteiger partial charge < -0.3 is 4.42 Å². The Hall–Kier alpha value is -3.19. The highest BCUT2D eigenvalue weighted by atomic mass is 32.1. The van der Waals surface area contributed by atoms with E-state index in [2.05, 4.69) is 15.4 Å². The van der Waals surface area contributed by atoms with E-state index in [4.69, 9.17) is 4.42 Å². The number of furan rings is 1. The minimum Gasteiger partial charge on any atom is -0.463 e. The summed E-state index contributed by atoms with van der Waals surface area (Å²) >= 11 is 1.36. The van der Waals surface area contributed by atoms with Crippen LogP contribution in [-0.2, 0) is 6.42 Å². The molecule has 0 spiro atoms. The Balaban J connectivity index is 1.58. The van der Waals surface area contributed by atoms with Crippen molar-refractivity contribution >= 4 is 22.4 Å². The lowest BCUT2D eigenvalue weighted by molar-refractivity contribution is 0.102. The van der Waals surface area contributed by atoms with E-state index in [1.165, 1.54) is 16.9 Å². The number of hydrogen-bond acceptors (Lipinski definition) is 5. The second kappa shape index (κ2) is 7.20. The molecule has 1 amide bonds. The molecule has 0 radical (unpaired) electrons. The largest absolute Gasteiger partial charge is 0.463 e. The van der Waals surface area contributed by atoms with E-state index in [9.17, 15) is 4.79 Å². The molecule has 0 unspecified atom stereocenters. The number of nitrogens with one attached hydrogen (secondary N) is 1. The standard InChI is InChI=1S/C20H18N4O2S/c1-3-17-15(11-21-24(17)14-8-6-13(2)7-9-14)19(25)23-20-22-16(12-27-20)18-5-4-10-26-18/h4-12H,3H2,1-2H3,(H,22,23,25). The quantitative estimate of drug-likeness (QED) is 0.546. The predicted molar refractivity (Wildman–Crippen MR) is 105 cm³/mol. The van der Waals surface area contributed by atoms with Crippen LogP contribution in [0.3, 0.4) is 0 Å². The number of amides is 1. The van der Waals surface area contributed by atoms with Gasteiger partial charge >= 0.3 is 0 Å². The lowest BCUT2D eigenvalue weighted by atomic mass is 10.2. The second-order valence-electron chi connectivity index (χ2n) is 6.08. The normalized spacial score (nSPS) is 10.9. The molecule has 1 N–H and O–H groups in total. The summed E-state index contributed by atoms with van der Waals surface area (Å²) < 4.78 is 7.15. The molecular weight excluding hydrogens is 360 g/mol. The summed E-state index contributed by atoms with van der Waals surface area (Å²) in [6.45, 7) is 4.05. The van der Waals surface area contributed by atoms with E-state index in [0.29, 0.717) is 28.6 Å². The molecular formula is C20H18N4O2S. The third-order valence-electron chi connectivity index (χ3n) is 4.23. The first kappa shape index (κ1) is 17.2. The average molecular weight is 378 g/mol. The molecule has 0 saturated heterocycles. The average Bonchev–Trinajstić information content (AvgIpc) is 3.42. The van der Waals surface area contributed by atoms with Crippen LogP contribution in [0.1, 0.15) is 28.5 Å². The minimum absolute atomic E-state index is 0.217. The van der Waals surface area contributed by atoms with Crippen molar-refractivity contribution in [2.24, 2.45) is 0 Å². The Morgan fingerprint density at radius 3 is 2.78 bits per heavy atom. The highest BCUT2D eigenvalue weighted by Crippen LogP contribution is 2.26. The lowest BCUT2D eigenvalue weighted by Crippen LogP contribution is -2.14. The van der Waals surface area contributed by atoms with Gasteiger partial charge in [0.15, 0.2) is 10.9 Å². The number of thiazole rings is 1. The number of hydrogen-bond donors (Lipinski definition) is 1. The summed E-state index contributed by atoms with van der Waals surface area (Å²) in [5, 5.41) is 9.66. The number of aromatic nitrogens is 3. The first-order valence-electron chi connectivity index (χ1n) is 8.60. The number of benzene rings is 1. The van der Waals surface area contributed by atoms with E-state index in [0.717, 1.165) is 11.4 Å². The third-order valence-corrected chi connectivity index (χ3v) is 4.98. The molecule has 7 heteroatoms. The van der Waals surface area contributed by atoms with Crippen LogP contribution in [0.2, 0.25) is 0 Å². The van der Waals surface area contributed by atoms with Gasteiger partial charge in [0.1, 0.15) is 5.69 Å². The molecule has 0 saturated carbocycles. The van der Waals surface area contributed by atoms with Crippen LogP contribution in [-0.4, -0.2) is 20.7 Å². The van der Waals surface area contributed by atoms with E-state index >= 15 is 0 Å².